The van der Waals surface area contributed by atoms with Crippen molar-refractivity contribution in [2.75, 3.05) is 14.2 Å². The zero-order valence-electron chi connectivity index (χ0n) is 13.5. The lowest BCUT2D eigenvalue weighted by Crippen LogP contribution is -2.21. The second kappa shape index (κ2) is 6.66. The van der Waals surface area contributed by atoms with Crippen LogP contribution >= 0.6 is 15.9 Å². The molecule has 1 unspecified atom stereocenters. The average molecular weight is 407 g/mol. The van der Waals surface area contributed by atoms with Crippen LogP contribution in [0.5, 0.6) is 17.4 Å². The van der Waals surface area contributed by atoms with Gasteiger partial charge in [0.25, 0.3) is 0 Å². The van der Waals surface area contributed by atoms with Gasteiger partial charge in [-0.2, -0.15) is 5.26 Å². The van der Waals surface area contributed by atoms with Gasteiger partial charge in [0.05, 0.1) is 35.4 Å². The average Bonchev–Trinajstić information content (AvgIpc) is 2.98. The Labute approximate surface area is 151 Å². The Morgan fingerprint density at radius 2 is 2.24 bits per heavy atom. The summed E-state index contributed by atoms with van der Waals surface area (Å²) in [6.07, 6.45) is 0. The molecular weight excluding hydrogens is 392 g/mol. The first-order valence-corrected chi connectivity index (χ1v) is 8.01. The Hall–Kier alpha value is -2.70. The number of halogens is 1. The molecule has 9 heteroatoms. The molecule has 2 aromatic rings. The maximum absolute atomic E-state index is 10.1. The lowest BCUT2D eigenvalue weighted by molar-refractivity contribution is 0.180. The molecule has 130 valence electrons. The number of nitrogens with zero attached hydrogens (tertiary/aromatic N) is 2. The maximum atomic E-state index is 10.1. The predicted molar refractivity (Wildman–Crippen MR) is 91.0 cm³/mol. The van der Waals surface area contributed by atoms with Crippen LogP contribution in [0, 0.1) is 11.3 Å². The fourth-order valence-corrected chi connectivity index (χ4v) is 3.27. The number of aromatic hydroxyl groups is 1. The normalized spacial score (nSPS) is 16.2. The van der Waals surface area contributed by atoms with Gasteiger partial charge in [-0.1, -0.05) is 0 Å². The Balaban J connectivity index is 2.25. The monoisotopic (exact) mass is 406 g/mol. The number of nitriles is 1. The standard InChI is InChI=1S/C16H15BrN4O4/c1-23-6-10-13-12(7-3-9(17)14(22)11(4-7)24-2)8(5-18)15(19)25-16(13)21-20-10/h3-4,12,22H,6,19H2,1-2H3,(H,20,21). The molecule has 4 N–H and O–H groups in total. The number of H-pyrrole nitrogens is 1. The van der Waals surface area contributed by atoms with E-state index in [1.165, 1.54) is 7.11 Å². The minimum Gasteiger partial charge on any atom is -0.503 e. The SMILES string of the molecule is COCc1[nH]nc2c1C(c1cc(Br)c(O)c(OC)c1)C(C#N)=C(N)O2. The van der Waals surface area contributed by atoms with Gasteiger partial charge in [-0.3, -0.25) is 5.10 Å². The minimum atomic E-state index is -0.538. The maximum Gasteiger partial charge on any atom is 0.244 e. The molecule has 1 aromatic carbocycles. The van der Waals surface area contributed by atoms with Gasteiger partial charge in [0.2, 0.25) is 11.8 Å². The summed E-state index contributed by atoms with van der Waals surface area (Å²) >= 11 is 3.30. The molecule has 0 spiro atoms. The van der Waals surface area contributed by atoms with Gasteiger partial charge in [-0.05, 0) is 33.6 Å². The lowest BCUT2D eigenvalue weighted by Gasteiger charge is -2.24. The first-order valence-electron chi connectivity index (χ1n) is 7.21. The summed E-state index contributed by atoms with van der Waals surface area (Å²) in [6.45, 7) is 0.261. The summed E-state index contributed by atoms with van der Waals surface area (Å²) in [5, 5.41) is 26.6. The van der Waals surface area contributed by atoms with Crippen LogP contribution in [-0.2, 0) is 11.3 Å². The fourth-order valence-electron chi connectivity index (χ4n) is 2.81. The van der Waals surface area contributed by atoms with E-state index in [9.17, 15) is 10.4 Å². The molecule has 2 heterocycles. The van der Waals surface area contributed by atoms with E-state index in [4.69, 9.17) is 19.9 Å². The summed E-state index contributed by atoms with van der Waals surface area (Å²) in [4.78, 5) is 0. The van der Waals surface area contributed by atoms with Gasteiger partial charge in [0, 0.05) is 7.11 Å². The quantitative estimate of drug-likeness (QED) is 0.710. The number of nitrogens with one attached hydrogen (secondary N) is 1. The third-order valence-electron chi connectivity index (χ3n) is 3.91. The number of aromatic nitrogens is 2. The van der Waals surface area contributed by atoms with Crippen molar-refractivity contribution in [2.45, 2.75) is 12.5 Å². The summed E-state index contributed by atoms with van der Waals surface area (Å²) in [7, 11) is 3.01. The van der Waals surface area contributed by atoms with Crippen LogP contribution < -0.4 is 15.2 Å². The zero-order chi connectivity index (χ0) is 18.1. The molecule has 0 radical (unpaired) electrons. The van der Waals surface area contributed by atoms with E-state index in [2.05, 4.69) is 32.2 Å². The number of fused-ring (bicyclic) bond motifs is 1. The van der Waals surface area contributed by atoms with Crippen LogP contribution in [0.15, 0.2) is 28.1 Å². The number of hydrogen-bond donors (Lipinski definition) is 3. The van der Waals surface area contributed by atoms with Crippen molar-refractivity contribution in [3.63, 3.8) is 0 Å². The van der Waals surface area contributed by atoms with E-state index in [-0.39, 0.29) is 35.4 Å². The molecule has 25 heavy (non-hydrogen) atoms. The summed E-state index contributed by atoms with van der Waals surface area (Å²) in [6, 6.07) is 5.45. The van der Waals surface area contributed by atoms with Gasteiger partial charge >= 0.3 is 0 Å². The molecule has 1 aliphatic rings. The third-order valence-corrected chi connectivity index (χ3v) is 4.52. The number of nitrogens with two attached hydrogens (primary N) is 1. The smallest absolute Gasteiger partial charge is 0.244 e. The fraction of sp³-hybridized carbons (Fsp3) is 0.250. The summed E-state index contributed by atoms with van der Waals surface area (Å²) in [5.41, 5.74) is 8.17. The number of phenolic OH excluding ortho intramolecular Hbond substituents is 1. The van der Waals surface area contributed by atoms with Gasteiger partial charge < -0.3 is 25.1 Å². The van der Waals surface area contributed by atoms with Crippen LogP contribution in [0.1, 0.15) is 22.7 Å². The summed E-state index contributed by atoms with van der Waals surface area (Å²) < 4.78 is 16.3. The number of benzene rings is 1. The first-order chi connectivity index (χ1) is 12.0. The molecule has 3 rings (SSSR count). The molecule has 8 nitrogen and oxygen atoms in total. The van der Waals surface area contributed by atoms with Crippen LogP contribution in [0.4, 0.5) is 0 Å². The number of aromatic amines is 1. The van der Waals surface area contributed by atoms with Crippen LogP contribution in [0.2, 0.25) is 0 Å². The van der Waals surface area contributed by atoms with E-state index in [0.29, 0.717) is 21.3 Å². The van der Waals surface area contributed by atoms with E-state index in [1.54, 1.807) is 19.2 Å². The van der Waals surface area contributed by atoms with Crippen molar-refractivity contribution < 1.29 is 19.3 Å². The highest BCUT2D eigenvalue weighted by Crippen LogP contribution is 2.46. The van der Waals surface area contributed by atoms with E-state index in [0.717, 1.165) is 0 Å². The third kappa shape index (κ3) is 2.79. The minimum absolute atomic E-state index is 0.0152. The molecule has 0 fully saturated rings. The number of allylic oxidation sites excluding steroid dienone is 1. The molecule has 1 atom stereocenters. The first kappa shape index (κ1) is 17.1. The Bertz CT molecular complexity index is 900. The highest BCUT2D eigenvalue weighted by Gasteiger charge is 2.35. The van der Waals surface area contributed by atoms with Gasteiger partial charge in [-0.25, -0.2) is 0 Å². The van der Waals surface area contributed by atoms with Crippen LogP contribution in [0.3, 0.4) is 0 Å². The lowest BCUT2D eigenvalue weighted by atomic mass is 9.84. The van der Waals surface area contributed by atoms with Gasteiger partial charge in [-0.15, -0.1) is 5.10 Å². The Morgan fingerprint density at radius 1 is 1.48 bits per heavy atom. The highest BCUT2D eigenvalue weighted by molar-refractivity contribution is 9.10. The molecule has 0 aliphatic carbocycles. The number of phenols is 1. The summed E-state index contributed by atoms with van der Waals surface area (Å²) in [5.74, 6) is -0.0258. The van der Waals surface area contributed by atoms with Gasteiger partial charge in [0.1, 0.15) is 11.6 Å². The van der Waals surface area contributed by atoms with Crippen molar-refractivity contribution in [1.29, 1.82) is 5.26 Å². The molecule has 1 aliphatic heterocycles. The Kier molecular flexibility index (Phi) is 4.57. The molecule has 0 saturated heterocycles. The zero-order valence-corrected chi connectivity index (χ0v) is 15.0. The second-order valence-corrected chi connectivity index (χ2v) is 6.19. The van der Waals surface area contributed by atoms with E-state index >= 15 is 0 Å². The predicted octanol–water partition coefficient (Wildman–Crippen LogP) is 2.25. The molecule has 0 saturated carbocycles. The number of methoxy groups -OCH3 is 2. The van der Waals surface area contributed by atoms with Crippen LogP contribution in [0.25, 0.3) is 0 Å². The van der Waals surface area contributed by atoms with Crippen molar-refractivity contribution >= 4 is 15.9 Å². The van der Waals surface area contributed by atoms with Crippen molar-refractivity contribution in [2.24, 2.45) is 5.73 Å². The number of rotatable bonds is 4. The molecular formula is C16H15BrN4O4. The van der Waals surface area contributed by atoms with Gasteiger partial charge in [0.15, 0.2) is 11.5 Å². The number of ether oxygens (including phenoxy) is 3. The van der Waals surface area contributed by atoms with Crippen LogP contribution in [-0.4, -0.2) is 29.5 Å². The largest absolute Gasteiger partial charge is 0.503 e. The number of hydrogen-bond acceptors (Lipinski definition) is 7. The Morgan fingerprint density at radius 3 is 2.88 bits per heavy atom. The topological polar surface area (TPSA) is 126 Å². The second-order valence-electron chi connectivity index (χ2n) is 5.33. The van der Waals surface area contributed by atoms with Crippen molar-refractivity contribution in [1.82, 2.24) is 10.2 Å². The highest BCUT2D eigenvalue weighted by atomic mass is 79.9. The van der Waals surface area contributed by atoms with E-state index < -0.39 is 5.92 Å². The van der Waals surface area contributed by atoms with Crippen molar-refractivity contribution in [3.05, 3.63) is 44.9 Å². The molecule has 0 bridgehead atoms. The molecule has 0 amide bonds. The van der Waals surface area contributed by atoms with E-state index in [1.807, 2.05) is 0 Å². The molecule has 1 aromatic heterocycles. The van der Waals surface area contributed by atoms with Crippen molar-refractivity contribution in [3.8, 4) is 23.4 Å².